The number of amides is 1. The summed E-state index contributed by atoms with van der Waals surface area (Å²) in [6.07, 6.45) is 0. The molecule has 2 unspecified atom stereocenters. The Morgan fingerprint density at radius 3 is 3.12 bits per heavy atom. The third-order valence-corrected chi connectivity index (χ3v) is 2.69. The van der Waals surface area contributed by atoms with Gasteiger partial charge in [-0.1, -0.05) is 11.6 Å². The van der Waals surface area contributed by atoms with Crippen LogP contribution >= 0.6 is 11.6 Å². The van der Waals surface area contributed by atoms with Gasteiger partial charge in [0, 0.05) is 6.54 Å². The van der Waals surface area contributed by atoms with Gasteiger partial charge in [0.25, 0.3) is 11.5 Å². The molecule has 0 radical (unpaired) electrons. The quantitative estimate of drug-likeness (QED) is 0.807. The molecule has 2 atom stereocenters. The minimum atomic E-state index is -2.05. The van der Waals surface area contributed by atoms with Gasteiger partial charge in [0.05, 0.1) is 12.6 Å². The van der Waals surface area contributed by atoms with Crippen molar-refractivity contribution in [2.24, 2.45) is 0 Å². The maximum absolute atomic E-state index is 12.5. The lowest BCUT2D eigenvalue weighted by Crippen LogP contribution is -2.33. The van der Waals surface area contributed by atoms with Crippen LogP contribution in [0.1, 0.15) is 24.6 Å². The van der Waals surface area contributed by atoms with Crippen molar-refractivity contribution >= 4 is 17.5 Å². The van der Waals surface area contributed by atoms with Crippen LogP contribution in [0, 0.1) is 0 Å². The van der Waals surface area contributed by atoms with Crippen molar-refractivity contribution in [2.45, 2.75) is 31.7 Å². The number of halogens is 2. The monoisotopic (exact) mass is 262 g/mol. The number of carbonyl (C=O) groups excluding carboxylic acids is 1. The van der Waals surface area contributed by atoms with Crippen molar-refractivity contribution in [1.82, 2.24) is 20.1 Å². The summed E-state index contributed by atoms with van der Waals surface area (Å²) in [6.45, 7) is 3.29. The highest BCUT2D eigenvalue weighted by molar-refractivity contribution is 6.29. The van der Waals surface area contributed by atoms with Gasteiger partial charge in [-0.25, -0.2) is 4.39 Å². The minimum absolute atomic E-state index is 0.398. The number of rotatable bonds is 3. The zero-order chi connectivity index (χ0) is 12.4. The Morgan fingerprint density at radius 2 is 2.41 bits per heavy atom. The standard InChI is InChI=1S/C9H12ClFN4O2/c1-5(12-9(16)7(10)11)8-14-13-6-4-17-3-2-15(6)8/h5,7H,2-4H2,1H3,(H,12,16). The lowest BCUT2D eigenvalue weighted by molar-refractivity contribution is -0.124. The van der Waals surface area contributed by atoms with Crippen molar-refractivity contribution in [3.05, 3.63) is 11.6 Å². The SMILES string of the molecule is CC(NC(=O)C(F)Cl)c1nnc2n1CCOC2. The Bertz CT molecular complexity index is 423. The fourth-order valence-corrected chi connectivity index (χ4v) is 1.74. The zero-order valence-electron chi connectivity index (χ0n) is 9.19. The Morgan fingerprint density at radius 1 is 1.65 bits per heavy atom. The molecule has 1 aromatic rings. The number of fused-ring (bicyclic) bond motifs is 1. The van der Waals surface area contributed by atoms with E-state index in [4.69, 9.17) is 16.3 Å². The number of ether oxygens (including phenoxy) is 1. The Balaban J connectivity index is 2.11. The average molecular weight is 263 g/mol. The molecule has 0 aliphatic carbocycles. The van der Waals surface area contributed by atoms with Gasteiger partial charge < -0.3 is 14.6 Å². The molecule has 1 aromatic heterocycles. The lowest BCUT2D eigenvalue weighted by atomic mass is 10.3. The molecule has 0 saturated carbocycles. The highest BCUT2D eigenvalue weighted by atomic mass is 35.5. The van der Waals surface area contributed by atoms with Gasteiger partial charge in [-0.15, -0.1) is 10.2 Å². The topological polar surface area (TPSA) is 69.0 Å². The Kier molecular flexibility index (Phi) is 3.58. The third-order valence-electron chi connectivity index (χ3n) is 2.49. The zero-order valence-corrected chi connectivity index (χ0v) is 9.95. The molecule has 6 nitrogen and oxygen atoms in total. The maximum atomic E-state index is 12.5. The lowest BCUT2D eigenvalue weighted by Gasteiger charge is -2.19. The van der Waals surface area contributed by atoms with Gasteiger partial charge in [0.15, 0.2) is 11.6 Å². The van der Waals surface area contributed by atoms with Crippen molar-refractivity contribution in [3.8, 4) is 0 Å². The molecule has 1 amide bonds. The van der Waals surface area contributed by atoms with E-state index >= 15 is 0 Å². The molecule has 0 aromatic carbocycles. The molecule has 1 N–H and O–H groups in total. The summed E-state index contributed by atoms with van der Waals surface area (Å²) < 4.78 is 19.6. The second kappa shape index (κ2) is 4.97. The van der Waals surface area contributed by atoms with Crippen molar-refractivity contribution in [2.75, 3.05) is 6.61 Å². The number of nitrogens with zero attached hydrogens (tertiary/aromatic N) is 3. The maximum Gasteiger partial charge on any atom is 0.270 e. The molecule has 2 rings (SSSR count). The van der Waals surface area contributed by atoms with Gasteiger partial charge in [-0.05, 0) is 6.92 Å². The number of alkyl halides is 2. The molecule has 0 fully saturated rings. The third kappa shape index (κ3) is 2.55. The normalized spacial score (nSPS) is 18.3. The van der Waals surface area contributed by atoms with Gasteiger partial charge in [0.2, 0.25) is 0 Å². The van der Waals surface area contributed by atoms with E-state index in [1.165, 1.54) is 0 Å². The molecule has 1 aliphatic heterocycles. The summed E-state index contributed by atoms with van der Waals surface area (Å²) in [5.74, 6) is 0.410. The van der Waals surface area contributed by atoms with Crippen LogP contribution in [-0.4, -0.2) is 32.9 Å². The number of carbonyl (C=O) groups is 1. The van der Waals surface area contributed by atoms with Crippen LogP contribution in [0.4, 0.5) is 4.39 Å². The predicted octanol–water partition coefficient (Wildman–Crippen LogP) is 0.520. The number of nitrogens with one attached hydrogen (secondary N) is 1. The summed E-state index contributed by atoms with van der Waals surface area (Å²) in [5, 5.41) is 10.3. The van der Waals surface area contributed by atoms with Crippen LogP contribution in [0.3, 0.4) is 0 Å². The van der Waals surface area contributed by atoms with Crippen molar-refractivity contribution in [1.29, 1.82) is 0 Å². The summed E-state index contributed by atoms with van der Waals surface area (Å²) in [4.78, 5) is 11.1. The van der Waals surface area contributed by atoms with Crippen LogP contribution in [-0.2, 0) is 22.7 Å². The number of hydrogen-bond acceptors (Lipinski definition) is 4. The van der Waals surface area contributed by atoms with Gasteiger partial charge >= 0.3 is 0 Å². The fraction of sp³-hybridized carbons (Fsp3) is 0.667. The first kappa shape index (κ1) is 12.3. The van der Waals surface area contributed by atoms with Crippen LogP contribution in [0.15, 0.2) is 0 Å². The number of aromatic nitrogens is 3. The van der Waals surface area contributed by atoms with Gasteiger partial charge in [-0.3, -0.25) is 4.79 Å². The number of hydrogen-bond donors (Lipinski definition) is 1. The van der Waals surface area contributed by atoms with E-state index in [0.717, 1.165) is 0 Å². The first-order chi connectivity index (χ1) is 8.09. The van der Waals surface area contributed by atoms with Crippen LogP contribution in [0.5, 0.6) is 0 Å². The van der Waals surface area contributed by atoms with Crippen LogP contribution in [0.25, 0.3) is 0 Å². The Labute approximate surface area is 102 Å². The molecule has 1 aliphatic rings. The first-order valence-corrected chi connectivity index (χ1v) is 5.61. The van der Waals surface area contributed by atoms with Crippen molar-refractivity contribution in [3.63, 3.8) is 0 Å². The summed E-state index contributed by atoms with van der Waals surface area (Å²) in [5.41, 5.74) is -2.05. The minimum Gasteiger partial charge on any atom is -0.372 e. The predicted molar refractivity (Wildman–Crippen MR) is 57.0 cm³/mol. The average Bonchev–Trinajstić information content (AvgIpc) is 2.72. The summed E-state index contributed by atoms with van der Waals surface area (Å²) >= 11 is 5.04. The molecular formula is C9H12ClFN4O2. The molecule has 94 valence electrons. The second-order valence-electron chi connectivity index (χ2n) is 3.71. The highest BCUT2D eigenvalue weighted by Gasteiger charge is 2.23. The summed E-state index contributed by atoms with van der Waals surface area (Å²) in [7, 11) is 0. The van der Waals surface area contributed by atoms with E-state index in [2.05, 4.69) is 15.5 Å². The van der Waals surface area contributed by atoms with Crippen LogP contribution in [0.2, 0.25) is 0 Å². The largest absolute Gasteiger partial charge is 0.372 e. The van der Waals surface area contributed by atoms with E-state index in [1.807, 2.05) is 4.57 Å². The van der Waals surface area contributed by atoms with E-state index in [1.54, 1.807) is 6.92 Å². The molecule has 0 bridgehead atoms. The summed E-state index contributed by atoms with van der Waals surface area (Å²) in [6, 6.07) is -0.446. The Hall–Kier alpha value is -1.21. The van der Waals surface area contributed by atoms with E-state index in [0.29, 0.717) is 31.4 Å². The molecule has 17 heavy (non-hydrogen) atoms. The van der Waals surface area contributed by atoms with Gasteiger partial charge in [0.1, 0.15) is 6.61 Å². The molecule has 8 heteroatoms. The van der Waals surface area contributed by atoms with Gasteiger partial charge in [-0.2, -0.15) is 0 Å². The molecule has 2 heterocycles. The van der Waals surface area contributed by atoms with E-state index < -0.39 is 17.6 Å². The molecule has 0 spiro atoms. The first-order valence-electron chi connectivity index (χ1n) is 5.18. The molecular weight excluding hydrogens is 251 g/mol. The highest BCUT2D eigenvalue weighted by Crippen LogP contribution is 2.16. The van der Waals surface area contributed by atoms with Crippen LogP contribution < -0.4 is 5.32 Å². The van der Waals surface area contributed by atoms with E-state index in [9.17, 15) is 9.18 Å². The molecule has 0 saturated heterocycles. The van der Waals surface area contributed by atoms with E-state index in [-0.39, 0.29) is 0 Å². The second-order valence-corrected chi connectivity index (χ2v) is 4.09. The smallest absolute Gasteiger partial charge is 0.270 e. The van der Waals surface area contributed by atoms with Crippen molar-refractivity contribution < 1.29 is 13.9 Å². The fourth-order valence-electron chi connectivity index (χ4n) is 1.68.